The largest absolute Gasteiger partial charge is 0.496 e. The highest BCUT2D eigenvalue weighted by molar-refractivity contribution is 7.92. The highest BCUT2D eigenvalue weighted by Crippen LogP contribution is 2.29. The van der Waals surface area contributed by atoms with E-state index >= 15 is 0 Å². The van der Waals surface area contributed by atoms with Crippen molar-refractivity contribution in [3.05, 3.63) is 47.0 Å². The van der Waals surface area contributed by atoms with Crippen LogP contribution in [0.3, 0.4) is 0 Å². The van der Waals surface area contributed by atoms with E-state index in [-0.39, 0.29) is 4.90 Å². The molecule has 1 saturated heterocycles. The van der Waals surface area contributed by atoms with Gasteiger partial charge in [0.25, 0.3) is 10.0 Å². The Labute approximate surface area is 161 Å². The first-order valence-electron chi connectivity index (χ1n) is 8.93. The van der Waals surface area contributed by atoms with E-state index in [0.29, 0.717) is 30.2 Å². The summed E-state index contributed by atoms with van der Waals surface area (Å²) in [6.07, 6.45) is 0. The molecule has 1 aliphatic heterocycles. The molecule has 2 aromatic rings. The number of nitrogens with zero attached hydrogens (tertiary/aromatic N) is 1. The minimum Gasteiger partial charge on any atom is -0.496 e. The summed E-state index contributed by atoms with van der Waals surface area (Å²) in [5.41, 5.74) is 3.88. The van der Waals surface area contributed by atoms with Crippen LogP contribution in [0.1, 0.15) is 16.7 Å². The zero-order valence-electron chi connectivity index (χ0n) is 16.2. The van der Waals surface area contributed by atoms with Gasteiger partial charge in [-0.15, -0.1) is 0 Å². The smallest absolute Gasteiger partial charge is 0.262 e. The Hall–Kier alpha value is -2.25. The molecule has 1 fully saturated rings. The second-order valence-corrected chi connectivity index (χ2v) is 8.44. The molecule has 0 radical (unpaired) electrons. The number of anilines is 2. The monoisotopic (exact) mass is 390 g/mol. The van der Waals surface area contributed by atoms with Gasteiger partial charge in [-0.25, -0.2) is 8.42 Å². The SMILES string of the molecule is COc1cc(C)c(S(=O)(=O)Nc2cc(N3CCOCC3)ccc2C)cc1C. The average Bonchev–Trinajstić information content (AvgIpc) is 2.65. The maximum absolute atomic E-state index is 13.0. The van der Waals surface area contributed by atoms with Crippen LogP contribution >= 0.6 is 0 Å². The normalized spacial score (nSPS) is 14.9. The number of aryl methyl sites for hydroxylation is 3. The van der Waals surface area contributed by atoms with Gasteiger partial charge in [-0.2, -0.15) is 0 Å². The van der Waals surface area contributed by atoms with E-state index < -0.39 is 10.0 Å². The van der Waals surface area contributed by atoms with Gasteiger partial charge in [-0.05, 0) is 61.7 Å². The molecule has 1 heterocycles. The van der Waals surface area contributed by atoms with Crippen LogP contribution in [-0.4, -0.2) is 41.8 Å². The molecule has 0 amide bonds. The summed E-state index contributed by atoms with van der Waals surface area (Å²) in [5.74, 6) is 0.678. The number of ether oxygens (including phenoxy) is 2. The van der Waals surface area contributed by atoms with E-state index in [4.69, 9.17) is 9.47 Å². The Morgan fingerprint density at radius 1 is 1.00 bits per heavy atom. The maximum atomic E-state index is 13.0. The lowest BCUT2D eigenvalue weighted by molar-refractivity contribution is 0.122. The lowest BCUT2D eigenvalue weighted by atomic mass is 10.1. The van der Waals surface area contributed by atoms with Crippen LogP contribution in [0.15, 0.2) is 35.2 Å². The molecule has 0 aromatic heterocycles. The molecule has 0 aliphatic carbocycles. The van der Waals surface area contributed by atoms with E-state index in [1.165, 1.54) is 0 Å². The maximum Gasteiger partial charge on any atom is 0.262 e. The summed E-state index contributed by atoms with van der Waals surface area (Å²) in [6, 6.07) is 9.25. The number of morpholine rings is 1. The second kappa shape index (κ2) is 7.78. The minimum absolute atomic E-state index is 0.261. The number of nitrogens with one attached hydrogen (secondary N) is 1. The zero-order chi connectivity index (χ0) is 19.6. The Morgan fingerprint density at radius 2 is 1.70 bits per heavy atom. The van der Waals surface area contributed by atoms with Crippen molar-refractivity contribution in [2.24, 2.45) is 0 Å². The predicted octanol–water partition coefficient (Wildman–Crippen LogP) is 3.26. The third kappa shape index (κ3) is 4.20. The van der Waals surface area contributed by atoms with Crippen molar-refractivity contribution in [1.82, 2.24) is 0 Å². The van der Waals surface area contributed by atoms with Crippen molar-refractivity contribution in [3.8, 4) is 5.75 Å². The number of methoxy groups -OCH3 is 1. The van der Waals surface area contributed by atoms with Crippen molar-refractivity contribution in [2.45, 2.75) is 25.7 Å². The van der Waals surface area contributed by atoms with Crippen LogP contribution in [0, 0.1) is 20.8 Å². The average molecular weight is 391 g/mol. The fourth-order valence-electron chi connectivity index (χ4n) is 3.21. The molecular weight excluding hydrogens is 364 g/mol. The molecule has 3 rings (SSSR count). The Bertz CT molecular complexity index is 935. The molecule has 0 saturated carbocycles. The first-order valence-corrected chi connectivity index (χ1v) is 10.4. The highest BCUT2D eigenvalue weighted by Gasteiger charge is 2.21. The summed E-state index contributed by atoms with van der Waals surface area (Å²) < 4.78 is 39.5. The lowest BCUT2D eigenvalue weighted by Crippen LogP contribution is -2.36. The minimum atomic E-state index is -3.71. The standard InChI is InChI=1S/C20H26N2O4S/c1-14-5-6-17(22-7-9-26-10-8-22)13-18(14)21-27(23,24)20-12-15(2)19(25-4)11-16(20)3/h5-6,11-13,21H,7-10H2,1-4H3. The quantitative estimate of drug-likeness (QED) is 0.849. The number of hydrogen-bond donors (Lipinski definition) is 1. The predicted molar refractivity (Wildman–Crippen MR) is 107 cm³/mol. The third-order valence-electron chi connectivity index (χ3n) is 4.82. The van der Waals surface area contributed by atoms with Gasteiger partial charge in [0.05, 0.1) is 30.9 Å². The van der Waals surface area contributed by atoms with Crippen LogP contribution in [0.4, 0.5) is 11.4 Å². The molecule has 0 atom stereocenters. The summed E-state index contributed by atoms with van der Waals surface area (Å²) >= 11 is 0. The van der Waals surface area contributed by atoms with Gasteiger partial charge in [0.15, 0.2) is 0 Å². The van der Waals surface area contributed by atoms with E-state index in [2.05, 4.69) is 9.62 Å². The lowest BCUT2D eigenvalue weighted by Gasteiger charge is -2.29. The fraction of sp³-hybridized carbons (Fsp3) is 0.400. The van der Waals surface area contributed by atoms with Gasteiger partial charge >= 0.3 is 0 Å². The number of rotatable bonds is 5. The summed E-state index contributed by atoms with van der Waals surface area (Å²) in [5, 5.41) is 0. The van der Waals surface area contributed by atoms with Crippen molar-refractivity contribution in [2.75, 3.05) is 43.0 Å². The van der Waals surface area contributed by atoms with Crippen molar-refractivity contribution < 1.29 is 17.9 Å². The molecule has 0 unspecified atom stereocenters. The van der Waals surface area contributed by atoms with E-state index in [0.717, 1.165) is 29.9 Å². The van der Waals surface area contributed by atoms with Crippen LogP contribution in [-0.2, 0) is 14.8 Å². The second-order valence-electron chi connectivity index (χ2n) is 6.79. The molecule has 1 aliphatic rings. The Kier molecular flexibility index (Phi) is 5.62. The topological polar surface area (TPSA) is 67.9 Å². The zero-order valence-corrected chi connectivity index (χ0v) is 17.0. The summed E-state index contributed by atoms with van der Waals surface area (Å²) in [6.45, 7) is 8.46. The van der Waals surface area contributed by atoms with Crippen LogP contribution < -0.4 is 14.4 Å². The van der Waals surface area contributed by atoms with Crippen molar-refractivity contribution in [1.29, 1.82) is 0 Å². The van der Waals surface area contributed by atoms with Gasteiger partial charge < -0.3 is 14.4 Å². The molecular formula is C20H26N2O4S. The van der Waals surface area contributed by atoms with Gasteiger partial charge in [0.2, 0.25) is 0 Å². The molecule has 146 valence electrons. The van der Waals surface area contributed by atoms with Gasteiger partial charge in [-0.1, -0.05) is 6.07 Å². The van der Waals surface area contributed by atoms with E-state index in [9.17, 15) is 8.42 Å². The van der Waals surface area contributed by atoms with E-state index in [1.807, 2.05) is 32.0 Å². The fourth-order valence-corrected chi connectivity index (χ4v) is 4.64. The highest BCUT2D eigenvalue weighted by atomic mass is 32.2. The van der Waals surface area contributed by atoms with Crippen LogP contribution in [0.25, 0.3) is 0 Å². The van der Waals surface area contributed by atoms with Crippen molar-refractivity contribution in [3.63, 3.8) is 0 Å². The molecule has 0 bridgehead atoms. The van der Waals surface area contributed by atoms with Gasteiger partial charge in [0.1, 0.15) is 5.75 Å². The molecule has 2 aromatic carbocycles. The van der Waals surface area contributed by atoms with E-state index in [1.54, 1.807) is 26.2 Å². The molecule has 27 heavy (non-hydrogen) atoms. The van der Waals surface area contributed by atoms with Gasteiger partial charge in [-0.3, -0.25) is 4.72 Å². The Morgan fingerprint density at radius 3 is 2.37 bits per heavy atom. The molecule has 1 N–H and O–H groups in total. The number of benzene rings is 2. The number of sulfonamides is 1. The summed E-state index contributed by atoms with van der Waals surface area (Å²) in [4.78, 5) is 2.46. The van der Waals surface area contributed by atoms with Crippen LogP contribution in [0.2, 0.25) is 0 Å². The van der Waals surface area contributed by atoms with Gasteiger partial charge in [0, 0.05) is 18.8 Å². The molecule has 6 nitrogen and oxygen atoms in total. The van der Waals surface area contributed by atoms with Crippen molar-refractivity contribution >= 4 is 21.4 Å². The third-order valence-corrected chi connectivity index (χ3v) is 6.33. The van der Waals surface area contributed by atoms with Crippen LogP contribution in [0.5, 0.6) is 5.75 Å². The molecule has 7 heteroatoms. The number of hydrogen-bond acceptors (Lipinski definition) is 5. The first-order chi connectivity index (χ1) is 12.8. The molecule has 0 spiro atoms. The Balaban J connectivity index is 1.93. The first kappa shape index (κ1) is 19.5. The summed E-state index contributed by atoms with van der Waals surface area (Å²) in [7, 11) is -2.13.